The number of rotatable bonds is 6. The summed E-state index contributed by atoms with van der Waals surface area (Å²) in [4.78, 5) is 17.1. The number of carbonyl (C=O) groups excluding carboxylic acids is 1. The molecule has 0 aliphatic heterocycles. The molecule has 0 atom stereocenters. The number of halogens is 1. The fourth-order valence-electron chi connectivity index (χ4n) is 3.42. The number of hydrogen-bond donors (Lipinski definition) is 1. The van der Waals surface area contributed by atoms with Gasteiger partial charge in [0.05, 0.1) is 7.11 Å². The van der Waals surface area contributed by atoms with Gasteiger partial charge in [0.15, 0.2) is 0 Å². The number of benzene rings is 2. The van der Waals surface area contributed by atoms with E-state index in [9.17, 15) is 9.18 Å². The number of aromatic nitrogens is 1. The Morgan fingerprint density at radius 1 is 1.11 bits per heavy atom. The number of ether oxygens (including phenoxy) is 1. The molecule has 0 saturated heterocycles. The van der Waals surface area contributed by atoms with E-state index in [-0.39, 0.29) is 17.3 Å². The topological polar surface area (TPSA) is 51.2 Å². The minimum Gasteiger partial charge on any atom is -0.496 e. The summed E-state index contributed by atoms with van der Waals surface area (Å²) in [5.41, 5.74) is 2.73. The van der Waals surface area contributed by atoms with Crippen molar-refractivity contribution < 1.29 is 13.9 Å². The second-order valence-electron chi connectivity index (χ2n) is 7.16. The van der Waals surface area contributed by atoms with E-state index in [2.05, 4.69) is 10.3 Å². The maximum Gasteiger partial charge on any atom is 0.270 e. The number of pyridine rings is 1. The van der Waals surface area contributed by atoms with Crippen LogP contribution in [0.4, 0.5) is 4.39 Å². The molecule has 1 heterocycles. The van der Waals surface area contributed by atoms with Crippen LogP contribution < -0.4 is 10.1 Å². The summed E-state index contributed by atoms with van der Waals surface area (Å²) >= 11 is 0. The second-order valence-corrected chi connectivity index (χ2v) is 7.16. The maximum absolute atomic E-state index is 13.7. The van der Waals surface area contributed by atoms with Crippen molar-refractivity contribution in [2.75, 3.05) is 7.11 Å². The zero-order chi connectivity index (χ0) is 19.6. The fraction of sp³-hybridized carbons (Fsp3) is 0.217. The van der Waals surface area contributed by atoms with Crippen LogP contribution in [-0.4, -0.2) is 23.5 Å². The van der Waals surface area contributed by atoms with Crippen LogP contribution in [0.3, 0.4) is 0 Å². The highest BCUT2D eigenvalue weighted by Gasteiger charge is 2.44. The largest absolute Gasteiger partial charge is 0.496 e. The summed E-state index contributed by atoms with van der Waals surface area (Å²) < 4.78 is 19.0. The normalized spacial score (nSPS) is 14.4. The van der Waals surface area contributed by atoms with Crippen LogP contribution in [0.15, 0.2) is 66.9 Å². The van der Waals surface area contributed by atoms with Gasteiger partial charge >= 0.3 is 0 Å². The standard InChI is InChI=1S/C23H21FN2O2/c1-28-21-8-7-19(24)13-18(21)15-23(10-11-23)26-22(27)20-14-17(9-12-25-20)16-5-3-2-4-6-16/h2-9,12-14H,10-11,15H2,1H3,(H,26,27). The van der Waals surface area contributed by atoms with Gasteiger partial charge in [0.2, 0.25) is 0 Å². The van der Waals surface area contributed by atoms with E-state index < -0.39 is 0 Å². The summed E-state index contributed by atoms with van der Waals surface area (Å²) in [6.45, 7) is 0. The summed E-state index contributed by atoms with van der Waals surface area (Å²) in [6, 6.07) is 18.0. The van der Waals surface area contributed by atoms with Gasteiger partial charge in [0.25, 0.3) is 5.91 Å². The molecule has 0 spiro atoms. The molecule has 1 aliphatic carbocycles. The lowest BCUT2D eigenvalue weighted by atomic mass is 10.0. The van der Waals surface area contributed by atoms with Gasteiger partial charge in [-0.3, -0.25) is 9.78 Å². The van der Waals surface area contributed by atoms with Gasteiger partial charge in [-0.25, -0.2) is 4.39 Å². The van der Waals surface area contributed by atoms with E-state index in [1.165, 1.54) is 12.1 Å². The second kappa shape index (κ2) is 7.43. The zero-order valence-electron chi connectivity index (χ0n) is 15.6. The van der Waals surface area contributed by atoms with Crippen molar-refractivity contribution in [1.29, 1.82) is 0 Å². The summed E-state index contributed by atoms with van der Waals surface area (Å²) in [5, 5.41) is 3.10. The predicted molar refractivity (Wildman–Crippen MR) is 106 cm³/mol. The molecule has 1 aromatic heterocycles. The van der Waals surface area contributed by atoms with Crippen LogP contribution in [0.1, 0.15) is 28.9 Å². The third-order valence-electron chi connectivity index (χ3n) is 5.10. The number of amides is 1. The van der Waals surface area contributed by atoms with Crippen molar-refractivity contribution in [3.8, 4) is 16.9 Å². The van der Waals surface area contributed by atoms with E-state index in [4.69, 9.17) is 4.74 Å². The van der Waals surface area contributed by atoms with Crippen molar-refractivity contribution in [3.05, 3.63) is 83.9 Å². The molecule has 142 valence electrons. The van der Waals surface area contributed by atoms with Crippen molar-refractivity contribution in [1.82, 2.24) is 10.3 Å². The lowest BCUT2D eigenvalue weighted by Crippen LogP contribution is -2.39. The Hall–Kier alpha value is -3.21. The lowest BCUT2D eigenvalue weighted by molar-refractivity contribution is 0.0926. The molecule has 0 bridgehead atoms. The number of nitrogens with one attached hydrogen (secondary N) is 1. The average molecular weight is 376 g/mol. The molecule has 1 aliphatic rings. The van der Waals surface area contributed by atoms with Crippen LogP contribution in [0.5, 0.6) is 5.75 Å². The summed E-state index contributed by atoms with van der Waals surface area (Å²) in [5.74, 6) is 0.104. The maximum atomic E-state index is 13.7. The van der Waals surface area contributed by atoms with E-state index in [0.717, 1.165) is 29.5 Å². The lowest BCUT2D eigenvalue weighted by Gasteiger charge is -2.19. The van der Waals surface area contributed by atoms with Gasteiger partial charge in [-0.05, 0) is 66.3 Å². The quantitative estimate of drug-likeness (QED) is 0.694. The van der Waals surface area contributed by atoms with Crippen molar-refractivity contribution >= 4 is 5.91 Å². The van der Waals surface area contributed by atoms with Crippen molar-refractivity contribution in [2.24, 2.45) is 0 Å². The van der Waals surface area contributed by atoms with Gasteiger partial charge in [-0.1, -0.05) is 30.3 Å². The first kappa shape index (κ1) is 18.2. The Labute approximate surface area is 163 Å². The molecule has 0 radical (unpaired) electrons. The first-order chi connectivity index (χ1) is 13.6. The van der Waals surface area contributed by atoms with E-state index >= 15 is 0 Å². The van der Waals surface area contributed by atoms with E-state index in [1.807, 2.05) is 36.4 Å². The van der Waals surface area contributed by atoms with Gasteiger partial charge in [-0.2, -0.15) is 0 Å². The average Bonchev–Trinajstić information content (AvgIpc) is 3.47. The van der Waals surface area contributed by atoms with Crippen LogP contribution in [0, 0.1) is 5.82 Å². The van der Waals surface area contributed by atoms with Gasteiger partial charge in [-0.15, -0.1) is 0 Å². The zero-order valence-corrected chi connectivity index (χ0v) is 15.6. The van der Waals surface area contributed by atoms with Crippen LogP contribution in [-0.2, 0) is 6.42 Å². The van der Waals surface area contributed by atoms with Crippen molar-refractivity contribution in [3.63, 3.8) is 0 Å². The Morgan fingerprint density at radius 3 is 2.61 bits per heavy atom. The highest BCUT2D eigenvalue weighted by Crippen LogP contribution is 2.40. The highest BCUT2D eigenvalue weighted by atomic mass is 19.1. The molecule has 2 aromatic carbocycles. The molecular formula is C23H21FN2O2. The first-order valence-electron chi connectivity index (χ1n) is 9.25. The predicted octanol–water partition coefficient (Wildman–Crippen LogP) is 4.40. The van der Waals surface area contributed by atoms with Crippen LogP contribution in [0.2, 0.25) is 0 Å². The number of methoxy groups -OCH3 is 1. The van der Waals surface area contributed by atoms with Gasteiger partial charge in [0, 0.05) is 11.7 Å². The molecular weight excluding hydrogens is 355 g/mol. The SMILES string of the molecule is COc1ccc(F)cc1CC1(NC(=O)c2cc(-c3ccccc3)ccn2)CC1. The molecule has 0 unspecified atom stereocenters. The fourth-order valence-corrected chi connectivity index (χ4v) is 3.42. The molecule has 28 heavy (non-hydrogen) atoms. The molecule has 1 amide bonds. The molecule has 1 saturated carbocycles. The smallest absolute Gasteiger partial charge is 0.270 e. The third kappa shape index (κ3) is 3.88. The Kier molecular flexibility index (Phi) is 4.82. The molecule has 4 nitrogen and oxygen atoms in total. The number of carbonyl (C=O) groups is 1. The van der Waals surface area contributed by atoms with Crippen molar-refractivity contribution in [2.45, 2.75) is 24.8 Å². The Balaban J connectivity index is 1.52. The molecule has 5 heteroatoms. The monoisotopic (exact) mass is 376 g/mol. The van der Waals surface area contributed by atoms with Gasteiger partial charge in [0.1, 0.15) is 17.3 Å². The van der Waals surface area contributed by atoms with Gasteiger partial charge < -0.3 is 10.1 Å². The molecule has 1 N–H and O–H groups in total. The Morgan fingerprint density at radius 2 is 1.89 bits per heavy atom. The summed E-state index contributed by atoms with van der Waals surface area (Å²) in [6.07, 6.45) is 3.86. The minimum atomic E-state index is -0.372. The van der Waals surface area contributed by atoms with E-state index in [1.54, 1.807) is 25.4 Å². The molecule has 4 rings (SSSR count). The first-order valence-corrected chi connectivity index (χ1v) is 9.25. The molecule has 3 aromatic rings. The highest BCUT2D eigenvalue weighted by molar-refractivity contribution is 5.94. The number of hydrogen-bond acceptors (Lipinski definition) is 3. The third-order valence-corrected chi connectivity index (χ3v) is 5.10. The summed E-state index contributed by atoms with van der Waals surface area (Å²) in [7, 11) is 1.56. The van der Waals surface area contributed by atoms with Crippen LogP contribution >= 0.6 is 0 Å². The minimum absolute atomic E-state index is 0.217. The Bertz CT molecular complexity index is 1000. The van der Waals surface area contributed by atoms with E-state index in [0.29, 0.717) is 17.9 Å². The number of nitrogens with zero attached hydrogens (tertiary/aromatic N) is 1. The van der Waals surface area contributed by atoms with Crippen LogP contribution in [0.25, 0.3) is 11.1 Å². The molecule has 1 fully saturated rings.